The zero-order valence-electron chi connectivity index (χ0n) is 10.6. The van der Waals surface area contributed by atoms with Gasteiger partial charge < -0.3 is 16.2 Å². The Hall–Kier alpha value is -2.04. The van der Waals surface area contributed by atoms with Crippen LogP contribution >= 0.6 is 0 Å². The maximum absolute atomic E-state index is 11.1. The summed E-state index contributed by atoms with van der Waals surface area (Å²) in [6.45, 7) is 0. The van der Waals surface area contributed by atoms with E-state index in [0.29, 0.717) is 18.4 Å². The maximum atomic E-state index is 11.1. The van der Waals surface area contributed by atoms with Gasteiger partial charge in [0, 0.05) is 17.3 Å². The number of benzene rings is 1. The van der Waals surface area contributed by atoms with Crippen molar-refractivity contribution in [3.63, 3.8) is 0 Å². The van der Waals surface area contributed by atoms with Gasteiger partial charge in [-0.05, 0) is 43.9 Å². The number of rotatable bonds is 4. The minimum atomic E-state index is -0.700. The highest BCUT2D eigenvalue weighted by atomic mass is 16.4. The summed E-state index contributed by atoms with van der Waals surface area (Å²) < 4.78 is 0. The van der Waals surface area contributed by atoms with E-state index in [0.717, 1.165) is 18.5 Å². The minimum Gasteiger partial charge on any atom is -0.481 e. The first-order valence-electron chi connectivity index (χ1n) is 6.45. The van der Waals surface area contributed by atoms with Crippen LogP contribution in [0.1, 0.15) is 36.0 Å². The van der Waals surface area contributed by atoms with Gasteiger partial charge in [0.2, 0.25) is 5.91 Å². The normalized spacial score (nSPS) is 22.7. The van der Waals surface area contributed by atoms with Crippen molar-refractivity contribution in [2.45, 2.75) is 31.7 Å². The number of carbonyl (C=O) groups excluding carboxylic acids is 1. The molecule has 1 fully saturated rings. The lowest BCUT2D eigenvalue weighted by molar-refractivity contribution is -0.142. The molecule has 0 aromatic heterocycles. The van der Waals surface area contributed by atoms with Crippen molar-refractivity contribution in [1.82, 2.24) is 0 Å². The zero-order valence-corrected chi connectivity index (χ0v) is 10.6. The van der Waals surface area contributed by atoms with E-state index in [1.807, 2.05) is 6.07 Å². The van der Waals surface area contributed by atoms with Gasteiger partial charge >= 0.3 is 5.97 Å². The van der Waals surface area contributed by atoms with Crippen LogP contribution in [0.2, 0.25) is 0 Å². The number of carboxylic acids is 1. The first-order valence-corrected chi connectivity index (χ1v) is 6.45. The van der Waals surface area contributed by atoms with E-state index in [2.05, 4.69) is 5.32 Å². The second kappa shape index (κ2) is 5.73. The largest absolute Gasteiger partial charge is 0.481 e. The summed E-state index contributed by atoms with van der Waals surface area (Å²) in [5, 5.41) is 12.3. The molecule has 1 aromatic carbocycles. The van der Waals surface area contributed by atoms with Crippen molar-refractivity contribution in [2.75, 3.05) is 5.32 Å². The third-order valence-corrected chi connectivity index (χ3v) is 3.59. The fourth-order valence-electron chi connectivity index (χ4n) is 2.48. The Morgan fingerprint density at radius 3 is 2.47 bits per heavy atom. The van der Waals surface area contributed by atoms with E-state index < -0.39 is 11.9 Å². The van der Waals surface area contributed by atoms with Crippen molar-refractivity contribution >= 4 is 17.6 Å². The van der Waals surface area contributed by atoms with Crippen LogP contribution in [0, 0.1) is 5.92 Å². The van der Waals surface area contributed by atoms with E-state index in [-0.39, 0.29) is 12.0 Å². The van der Waals surface area contributed by atoms with Crippen LogP contribution in [-0.2, 0) is 4.79 Å². The lowest BCUT2D eigenvalue weighted by Gasteiger charge is -2.27. The SMILES string of the molecule is NC(=O)c1cccc(NC2CCC(C(=O)O)CC2)c1. The Labute approximate surface area is 111 Å². The highest BCUT2D eigenvalue weighted by Crippen LogP contribution is 2.26. The molecule has 1 saturated carbocycles. The van der Waals surface area contributed by atoms with Crippen LogP contribution in [0.15, 0.2) is 24.3 Å². The minimum absolute atomic E-state index is 0.213. The van der Waals surface area contributed by atoms with Crippen LogP contribution < -0.4 is 11.1 Å². The summed E-state index contributed by atoms with van der Waals surface area (Å²) in [7, 11) is 0. The lowest BCUT2D eigenvalue weighted by Crippen LogP contribution is -2.29. The second-order valence-electron chi connectivity index (χ2n) is 4.98. The van der Waals surface area contributed by atoms with Crippen LogP contribution in [0.3, 0.4) is 0 Å². The number of amides is 1. The second-order valence-corrected chi connectivity index (χ2v) is 4.98. The molecule has 1 aromatic rings. The van der Waals surface area contributed by atoms with Gasteiger partial charge in [0.1, 0.15) is 0 Å². The van der Waals surface area contributed by atoms with Gasteiger partial charge in [-0.3, -0.25) is 9.59 Å². The molecule has 0 atom stereocenters. The number of carboxylic acid groups (broad SMARTS) is 1. The first kappa shape index (κ1) is 13.4. The Morgan fingerprint density at radius 2 is 1.89 bits per heavy atom. The molecule has 0 bridgehead atoms. The predicted octanol–water partition coefficient (Wildman–Crippen LogP) is 1.84. The Bertz CT molecular complexity index is 479. The van der Waals surface area contributed by atoms with E-state index in [4.69, 9.17) is 10.8 Å². The maximum Gasteiger partial charge on any atom is 0.306 e. The van der Waals surface area contributed by atoms with Crippen LogP contribution in [0.4, 0.5) is 5.69 Å². The fraction of sp³-hybridized carbons (Fsp3) is 0.429. The summed E-state index contributed by atoms with van der Waals surface area (Å²) in [5.41, 5.74) is 6.57. The van der Waals surface area contributed by atoms with Crippen LogP contribution in [-0.4, -0.2) is 23.0 Å². The van der Waals surface area contributed by atoms with E-state index in [1.165, 1.54) is 0 Å². The van der Waals surface area contributed by atoms with Gasteiger partial charge in [0.05, 0.1) is 5.92 Å². The number of anilines is 1. The van der Waals surface area contributed by atoms with Gasteiger partial charge in [0.15, 0.2) is 0 Å². The third kappa shape index (κ3) is 3.47. The molecule has 0 saturated heterocycles. The summed E-state index contributed by atoms with van der Waals surface area (Å²) in [4.78, 5) is 22.0. The molecule has 102 valence electrons. The van der Waals surface area contributed by atoms with Crippen LogP contribution in [0.5, 0.6) is 0 Å². The molecule has 19 heavy (non-hydrogen) atoms. The Morgan fingerprint density at radius 1 is 1.21 bits per heavy atom. The molecule has 5 heteroatoms. The third-order valence-electron chi connectivity index (χ3n) is 3.59. The summed E-state index contributed by atoms with van der Waals surface area (Å²) in [6, 6.07) is 7.33. The molecule has 4 N–H and O–H groups in total. The Kier molecular flexibility index (Phi) is 4.04. The number of nitrogens with two attached hydrogens (primary N) is 1. The number of carbonyl (C=O) groups is 2. The smallest absolute Gasteiger partial charge is 0.306 e. The van der Waals surface area contributed by atoms with E-state index in [9.17, 15) is 9.59 Å². The molecule has 5 nitrogen and oxygen atoms in total. The molecule has 0 heterocycles. The number of aliphatic carboxylic acids is 1. The number of nitrogens with one attached hydrogen (secondary N) is 1. The average molecular weight is 262 g/mol. The number of hydrogen-bond acceptors (Lipinski definition) is 3. The van der Waals surface area contributed by atoms with Crippen molar-refractivity contribution < 1.29 is 14.7 Å². The standard InChI is InChI=1S/C14H18N2O3/c15-13(17)10-2-1-3-12(8-10)16-11-6-4-9(5-7-11)14(18)19/h1-3,8-9,11,16H,4-7H2,(H2,15,17)(H,18,19). The fourth-order valence-corrected chi connectivity index (χ4v) is 2.48. The van der Waals surface area contributed by atoms with Crippen molar-refractivity contribution in [3.8, 4) is 0 Å². The van der Waals surface area contributed by atoms with Gasteiger partial charge in [0.25, 0.3) is 0 Å². The predicted molar refractivity (Wildman–Crippen MR) is 72.0 cm³/mol. The quantitative estimate of drug-likeness (QED) is 0.772. The topological polar surface area (TPSA) is 92.4 Å². The van der Waals surface area contributed by atoms with Crippen molar-refractivity contribution in [2.24, 2.45) is 11.7 Å². The monoisotopic (exact) mass is 262 g/mol. The molecular weight excluding hydrogens is 244 g/mol. The zero-order chi connectivity index (χ0) is 13.8. The molecule has 0 unspecified atom stereocenters. The summed E-state index contributed by atoms with van der Waals surface area (Å²) >= 11 is 0. The summed E-state index contributed by atoms with van der Waals surface area (Å²) in [6.07, 6.45) is 3.06. The van der Waals surface area contributed by atoms with Gasteiger partial charge in [-0.25, -0.2) is 0 Å². The first-order chi connectivity index (χ1) is 9.06. The average Bonchev–Trinajstić information content (AvgIpc) is 2.39. The molecule has 2 rings (SSSR count). The molecule has 0 aliphatic heterocycles. The van der Waals surface area contributed by atoms with Crippen molar-refractivity contribution in [1.29, 1.82) is 0 Å². The molecular formula is C14H18N2O3. The van der Waals surface area contributed by atoms with Crippen LogP contribution in [0.25, 0.3) is 0 Å². The molecule has 0 spiro atoms. The van der Waals surface area contributed by atoms with Gasteiger partial charge in [-0.1, -0.05) is 6.07 Å². The molecule has 1 aliphatic rings. The number of primary amides is 1. The number of hydrogen-bond donors (Lipinski definition) is 3. The summed E-state index contributed by atoms with van der Waals surface area (Å²) in [5.74, 6) is -1.36. The lowest BCUT2D eigenvalue weighted by atomic mass is 9.86. The van der Waals surface area contributed by atoms with Crippen molar-refractivity contribution in [3.05, 3.63) is 29.8 Å². The van der Waals surface area contributed by atoms with Gasteiger partial charge in [-0.15, -0.1) is 0 Å². The molecule has 1 aliphatic carbocycles. The van der Waals surface area contributed by atoms with Gasteiger partial charge in [-0.2, -0.15) is 0 Å². The van der Waals surface area contributed by atoms with E-state index >= 15 is 0 Å². The molecule has 1 amide bonds. The van der Waals surface area contributed by atoms with E-state index in [1.54, 1.807) is 18.2 Å². The molecule has 0 radical (unpaired) electrons. The highest BCUT2D eigenvalue weighted by Gasteiger charge is 2.25. The Balaban J connectivity index is 1.94. The highest BCUT2D eigenvalue weighted by molar-refractivity contribution is 5.93.